The molecule has 2 heterocycles. The first-order valence-electron chi connectivity index (χ1n) is 8.63. The molecule has 1 aliphatic heterocycles. The second-order valence-electron chi connectivity index (χ2n) is 6.77. The fraction of sp³-hybridized carbons (Fsp3) is 0.706. The highest BCUT2D eigenvalue weighted by atomic mass is 16.5. The summed E-state index contributed by atoms with van der Waals surface area (Å²) < 4.78 is 7.43. The number of fused-ring (bicyclic) bond motifs is 1. The molecule has 132 valence electrons. The summed E-state index contributed by atoms with van der Waals surface area (Å²) in [7, 11) is 0. The van der Waals surface area contributed by atoms with Gasteiger partial charge in [-0.15, -0.1) is 0 Å². The van der Waals surface area contributed by atoms with Gasteiger partial charge < -0.3 is 15.4 Å². The van der Waals surface area contributed by atoms with E-state index in [1.54, 1.807) is 4.68 Å². The second kappa shape index (κ2) is 6.55. The molecule has 1 aromatic rings. The molecule has 3 rings (SSSR count). The first kappa shape index (κ1) is 17.0. The van der Waals surface area contributed by atoms with Crippen LogP contribution in [0.25, 0.3) is 0 Å². The number of aryl methyl sites for hydroxylation is 1. The lowest BCUT2D eigenvalue weighted by Crippen LogP contribution is -2.71. The van der Waals surface area contributed by atoms with Gasteiger partial charge in [-0.25, -0.2) is 0 Å². The predicted octanol–water partition coefficient (Wildman–Crippen LogP) is 0.471. The summed E-state index contributed by atoms with van der Waals surface area (Å²) in [5.41, 5.74) is 3.22. The Labute approximate surface area is 142 Å². The Morgan fingerprint density at radius 2 is 2.04 bits per heavy atom. The lowest BCUT2D eigenvalue weighted by Gasteiger charge is -2.47. The van der Waals surface area contributed by atoms with Gasteiger partial charge in [-0.1, -0.05) is 6.92 Å². The van der Waals surface area contributed by atoms with Crippen LogP contribution in [0.3, 0.4) is 0 Å². The number of ether oxygens (including phenoxy) is 1. The first-order valence-corrected chi connectivity index (χ1v) is 8.63. The molecular weight excluding hydrogens is 308 g/mol. The molecule has 4 atom stereocenters. The van der Waals surface area contributed by atoms with Crippen molar-refractivity contribution in [2.24, 2.45) is 5.92 Å². The smallest absolute Gasteiger partial charge is 0.242 e. The van der Waals surface area contributed by atoms with E-state index in [9.17, 15) is 9.59 Å². The van der Waals surface area contributed by atoms with Gasteiger partial charge in [0.25, 0.3) is 0 Å². The van der Waals surface area contributed by atoms with E-state index >= 15 is 0 Å². The highest BCUT2D eigenvalue weighted by Crippen LogP contribution is 2.39. The fourth-order valence-electron chi connectivity index (χ4n) is 4.08. The van der Waals surface area contributed by atoms with Crippen LogP contribution in [0.15, 0.2) is 0 Å². The van der Waals surface area contributed by atoms with Gasteiger partial charge >= 0.3 is 0 Å². The number of amides is 2. The van der Waals surface area contributed by atoms with Crippen LogP contribution in [0.5, 0.6) is 0 Å². The lowest BCUT2D eigenvalue weighted by molar-refractivity contribution is -0.130. The van der Waals surface area contributed by atoms with Crippen LogP contribution >= 0.6 is 0 Å². The van der Waals surface area contributed by atoms with Gasteiger partial charge in [-0.05, 0) is 32.3 Å². The number of nitrogens with zero attached hydrogens (tertiary/aromatic N) is 2. The molecule has 0 unspecified atom stereocenters. The number of hydrogen-bond donors (Lipinski definition) is 2. The lowest BCUT2D eigenvalue weighted by atomic mass is 9.71. The summed E-state index contributed by atoms with van der Waals surface area (Å²) in [6.07, 6.45) is 1.86. The van der Waals surface area contributed by atoms with Crippen molar-refractivity contribution >= 4 is 11.8 Å². The van der Waals surface area contributed by atoms with Crippen LogP contribution in [-0.4, -0.2) is 46.4 Å². The minimum Gasteiger partial charge on any atom is -0.376 e. The molecule has 7 nitrogen and oxygen atoms in total. The monoisotopic (exact) mass is 334 g/mol. The van der Waals surface area contributed by atoms with Crippen LogP contribution in [0.4, 0.5) is 0 Å². The van der Waals surface area contributed by atoms with E-state index in [-0.39, 0.29) is 42.5 Å². The molecule has 2 fully saturated rings. The van der Waals surface area contributed by atoms with E-state index in [4.69, 9.17) is 4.74 Å². The van der Waals surface area contributed by atoms with E-state index in [1.807, 2.05) is 13.8 Å². The number of carbonyl (C=O) groups excluding carboxylic acids is 2. The maximum atomic E-state index is 12.5. The van der Waals surface area contributed by atoms with E-state index in [0.717, 1.165) is 24.2 Å². The average Bonchev–Trinajstić information content (AvgIpc) is 3.05. The van der Waals surface area contributed by atoms with Crippen molar-refractivity contribution in [2.75, 3.05) is 6.61 Å². The van der Waals surface area contributed by atoms with Gasteiger partial charge in [0.05, 0.1) is 23.9 Å². The Kier molecular flexibility index (Phi) is 4.62. The van der Waals surface area contributed by atoms with Gasteiger partial charge in [0, 0.05) is 25.1 Å². The highest BCUT2D eigenvalue weighted by Gasteiger charge is 2.54. The SMILES string of the molecule is CCc1c(C)nn(CC(=O)N[C@H]2[C@H]3CCO[C@H]3[C@@H]2NC(C)=O)c1C. The minimum absolute atomic E-state index is 0.0274. The molecule has 1 aromatic heterocycles. The number of carbonyl (C=O) groups is 2. The van der Waals surface area contributed by atoms with Crippen molar-refractivity contribution in [3.8, 4) is 0 Å². The molecule has 1 aliphatic carbocycles. The van der Waals surface area contributed by atoms with Crippen molar-refractivity contribution in [3.05, 3.63) is 17.0 Å². The normalized spacial score (nSPS) is 28.2. The van der Waals surface area contributed by atoms with Gasteiger partial charge in [0.15, 0.2) is 0 Å². The standard InChI is InChI=1S/C17H26N4O3/c1-5-12-9(2)20-21(10(12)3)8-14(23)19-15-13-6-7-24-17(13)16(15)18-11(4)22/h13,15-17H,5-8H2,1-4H3,(H,18,22)(H,19,23)/t13-,15+,16-,17-/m1/s1. The third kappa shape index (κ3) is 2.92. The van der Waals surface area contributed by atoms with Crippen molar-refractivity contribution in [2.45, 2.75) is 65.3 Å². The zero-order valence-electron chi connectivity index (χ0n) is 14.8. The topological polar surface area (TPSA) is 85.2 Å². The van der Waals surface area contributed by atoms with Gasteiger partial charge in [0.2, 0.25) is 11.8 Å². The summed E-state index contributed by atoms with van der Waals surface area (Å²) in [6, 6.07) is -0.192. The van der Waals surface area contributed by atoms with E-state index in [2.05, 4.69) is 22.7 Å². The fourth-order valence-corrected chi connectivity index (χ4v) is 4.08. The minimum atomic E-state index is -0.134. The largest absolute Gasteiger partial charge is 0.376 e. The predicted molar refractivity (Wildman–Crippen MR) is 88.5 cm³/mol. The van der Waals surface area contributed by atoms with E-state index in [0.29, 0.717) is 6.61 Å². The van der Waals surface area contributed by atoms with Crippen molar-refractivity contribution in [3.63, 3.8) is 0 Å². The Morgan fingerprint density at radius 3 is 2.67 bits per heavy atom. The van der Waals surface area contributed by atoms with E-state index in [1.165, 1.54) is 12.5 Å². The summed E-state index contributed by atoms with van der Waals surface area (Å²) >= 11 is 0. The maximum absolute atomic E-state index is 12.5. The van der Waals surface area contributed by atoms with Gasteiger partial charge in [-0.2, -0.15) is 5.10 Å². The summed E-state index contributed by atoms with van der Waals surface area (Å²) in [6.45, 7) is 8.44. The Bertz CT molecular complexity index is 655. The molecule has 1 saturated carbocycles. The van der Waals surface area contributed by atoms with Crippen molar-refractivity contribution < 1.29 is 14.3 Å². The molecule has 2 amide bonds. The summed E-state index contributed by atoms with van der Waals surface area (Å²) in [5.74, 6) is 0.116. The molecule has 0 radical (unpaired) electrons. The van der Waals surface area contributed by atoms with Crippen molar-refractivity contribution in [1.82, 2.24) is 20.4 Å². The Hall–Kier alpha value is -1.89. The zero-order valence-corrected chi connectivity index (χ0v) is 14.8. The van der Waals surface area contributed by atoms with Crippen LogP contribution in [0, 0.1) is 19.8 Å². The van der Waals surface area contributed by atoms with Crippen LogP contribution in [0.1, 0.15) is 37.2 Å². The van der Waals surface area contributed by atoms with E-state index < -0.39 is 0 Å². The zero-order chi connectivity index (χ0) is 17.4. The molecule has 2 N–H and O–H groups in total. The highest BCUT2D eigenvalue weighted by molar-refractivity contribution is 5.77. The van der Waals surface area contributed by atoms with Crippen LogP contribution < -0.4 is 10.6 Å². The molecule has 0 bridgehead atoms. The summed E-state index contributed by atoms with van der Waals surface area (Å²) in [4.78, 5) is 23.9. The molecule has 7 heteroatoms. The van der Waals surface area contributed by atoms with Gasteiger partial charge in [-0.3, -0.25) is 14.3 Å². The van der Waals surface area contributed by atoms with Crippen LogP contribution in [-0.2, 0) is 27.3 Å². The number of hydrogen-bond acceptors (Lipinski definition) is 4. The van der Waals surface area contributed by atoms with Gasteiger partial charge in [0.1, 0.15) is 6.54 Å². The molecular formula is C17H26N4O3. The van der Waals surface area contributed by atoms with Crippen LogP contribution in [0.2, 0.25) is 0 Å². The third-order valence-electron chi connectivity index (χ3n) is 5.26. The number of nitrogens with one attached hydrogen (secondary N) is 2. The Morgan fingerprint density at radius 1 is 1.29 bits per heavy atom. The molecule has 24 heavy (non-hydrogen) atoms. The molecule has 2 aliphatic rings. The first-order chi connectivity index (χ1) is 11.4. The Balaban J connectivity index is 1.65. The average molecular weight is 334 g/mol. The molecule has 0 aromatic carbocycles. The summed E-state index contributed by atoms with van der Waals surface area (Å²) in [5, 5.41) is 10.4. The van der Waals surface area contributed by atoms with Crippen molar-refractivity contribution in [1.29, 1.82) is 0 Å². The second-order valence-corrected chi connectivity index (χ2v) is 6.77. The molecule has 1 saturated heterocycles. The molecule has 0 spiro atoms. The number of aromatic nitrogens is 2. The quantitative estimate of drug-likeness (QED) is 0.820. The number of rotatable bonds is 5. The maximum Gasteiger partial charge on any atom is 0.242 e. The third-order valence-corrected chi connectivity index (χ3v) is 5.26.